The summed E-state index contributed by atoms with van der Waals surface area (Å²) in [5, 5.41) is 19.9. The predicted molar refractivity (Wildman–Crippen MR) is 288 cm³/mol. The van der Waals surface area contributed by atoms with Crippen LogP contribution in [0.1, 0.15) is 140 Å². The molecule has 1 aromatic heterocycles. The molecule has 5 amide bonds. The smallest absolute Gasteiger partial charge is 0.306 e. The molecule has 1 aliphatic rings. The molecule has 5 unspecified atom stereocenters. The summed E-state index contributed by atoms with van der Waals surface area (Å²) in [6.45, 7) is 24.1. The van der Waals surface area contributed by atoms with Gasteiger partial charge in [0.15, 0.2) is 12.1 Å². The molecule has 3 aromatic rings. The number of thiazole rings is 1. The number of nitrogens with two attached hydrogens (primary N) is 2. The van der Waals surface area contributed by atoms with Crippen molar-refractivity contribution in [1.82, 2.24) is 20.5 Å². The molecule has 18 heteroatoms. The maximum Gasteiger partial charge on any atom is 0.306 e. The van der Waals surface area contributed by atoms with Gasteiger partial charge in [0.2, 0.25) is 17.7 Å². The number of carboxylic acids is 1. The number of ether oxygens (including phenoxy) is 1. The van der Waals surface area contributed by atoms with Gasteiger partial charge in [0.1, 0.15) is 23.3 Å². The lowest BCUT2D eigenvalue weighted by Crippen LogP contribution is -2.59. The summed E-state index contributed by atoms with van der Waals surface area (Å²) in [6, 6.07) is 15.0. The van der Waals surface area contributed by atoms with Crippen LogP contribution in [0.15, 0.2) is 73.1 Å². The third-order valence-electron chi connectivity index (χ3n) is 13.4. The number of quaternary nitrogens is 1. The van der Waals surface area contributed by atoms with Crippen LogP contribution in [0.4, 0.5) is 5.69 Å². The van der Waals surface area contributed by atoms with Crippen LogP contribution < -0.4 is 27.4 Å². The van der Waals surface area contributed by atoms with E-state index in [2.05, 4.69) is 48.1 Å². The number of primary amides is 1. The quantitative estimate of drug-likeness (QED) is 0.0293. The van der Waals surface area contributed by atoms with E-state index in [1.165, 1.54) is 18.3 Å². The van der Waals surface area contributed by atoms with E-state index >= 15 is 0 Å². The third kappa shape index (κ3) is 20.8. The summed E-state index contributed by atoms with van der Waals surface area (Å²) < 4.78 is 6.27. The Morgan fingerprint density at radius 3 is 2.07 bits per heavy atom. The van der Waals surface area contributed by atoms with E-state index in [1.54, 1.807) is 31.2 Å². The Bertz CT molecular complexity index is 2240. The second kappa shape index (κ2) is 30.9. The largest absolute Gasteiger partial charge is 0.481 e. The number of piperidine rings is 1. The van der Waals surface area contributed by atoms with E-state index in [1.807, 2.05) is 89.2 Å². The van der Waals surface area contributed by atoms with Crippen LogP contribution in [0.2, 0.25) is 0 Å². The van der Waals surface area contributed by atoms with E-state index in [4.69, 9.17) is 16.2 Å². The first kappa shape index (κ1) is 63.1. The number of likely N-dealkylation sites (N-methyl/N-ethyl adjacent to an activating group) is 1. The summed E-state index contributed by atoms with van der Waals surface area (Å²) in [5.74, 6) is -2.96. The molecule has 0 spiro atoms. The molecule has 2 heterocycles. The second-order valence-electron chi connectivity index (χ2n) is 20.2. The Kier molecular flexibility index (Phi) is 26.7. The molecule has 1 fully saturated rings. The zero-order valence-corrected chi connectivity index (χ0v) is 46.0. The lowest BCUT2D eigenvalue weighted by molar-refractivity contribution is -0.941. The minimum absolute atomic E-state index is 0.00797. The van der Waals surface area contributed by atoms with Crippen molar-refractivity contribution in [2.45, 2.75) is 157 Å². The van der Waals surface area contributed by atoms with Crippen LogP contribution in [-0.2, 0) is 46.5 Å². The van der Waals surface area contributed by atoms with Crippen LogP contribution in [-0.4, -0.2) is 112 Å². The average molecular weight is 1030 g/mol. The van der Waals surface area contributed by atoms with Gasteiger partial charge >= 0.3 is 11.9 Å². The monoisotopic (exact) mass is 1030 g/mol. The van der Waals surface area contributed by atoms with Crippen molar-refractivity contribution >= 4 is 58.5 Å². The van der Waals surface area contributed by atoms with E-state index in [0.717, 1.165) is 43.4 Å². The van der Waals surface area contributed by atoms with Crippen molar-refractivity contribution in [3.63, 3.8) is 0 Å². The zero-order chi connectivity index (χ0) is 55.2. The molecule has 1 aliphatic heterocycles. The average Bonchev–Trinajstić information content (AvgIpc) is 3.84. The number of hydrogen-bond donors (Lipinski definition) is 6. The van der Waals surface area contributed by atoms with Gasteiger partial charge in [0.05, 0.1) is 25.6 Å². The molecule has 8 N–H and O–H groups in total. The van der Waals surface area contributed by atoms with Crippen molar-refractivity contribution in [2.24, 2.45) is 35.1 Å². The summed E-state index contributed by atoms with van der Waals surface area (Å²) in [4.78, 5) is 92.3. The number of nitrogens with zero attached hydrogens (tertiary/aromatic N) is 3. The molecular weight excluding hydrogens is 949 g/mol. The number of carbonyl (C=O) groups is 7. The molecule has 4 rings (SSSR count). The number of likely N-dealkylation sites (tertiary alicyclic amines) is 1. The molecule has 73 heavy (non-hydrogen) atoms. The number of anilines is 1. The Labute approximate surface area is 437 Å². The summed E-state index contributed by atoms with van der Waals surface area (Å²) >= 11 is 1.22. The van der Waals surface area contributed by atoms with Gasteiger partial charge in [-0.05, 0) is 68.1 Å². The standard InChI is InChI=1S/C31H45N3O6S.C22H35N5O3.C2H4/c1-8-20(4)14-28(36)34(7)26(19(2)3)17-27(40-22(6)35)30-33-25(18-41-30)29(37)32-24(15-21(5)31(38)39)16-23-12-10-9-11-13-23;1-14(2)19(23)22(30)25-15(3)21(29)26-17-10-8-16(9-11-17)13-27(4)12-6-5-7-18(27)20(24)28;1-2/h9-13,18-21,24,26-27H,8,14-17H2,1-7H3,(H,32,37)(H,38,39);8-11,14-15,18-19H,5-7,12-13,23H2,1-4H3,(H3-,24,25,26,28,29,30);1-2H2/p+1/t20-,21?,24+,26?,27?;15?,18-,19+,27?;/m01./s1. The number of hydrogen-bond acceptors (Lipinski definition) is 11. The fourth-order valence-corrected chi connectivity index (χ4v) is 9.48. The Balaban J connectivity index is 0.000000505. The predicted octanol–water partition coefficient (Wildman–Crippen LogP) is 7.41. The third-order valence-corrected chi connectivity index (χ3v) is 14.3. The molecule has 0 aliphatic carbocycles. The maximum absolute atomic E-state index is 13.2. The lowest BCUT2D eigenvalue weighted by atomic mass is 9.95. The highest BCUT2D eigenvalue weighted by atomic mass is 32.1. The van der Waals surface area contributed by atoms with E-state index in [9.17, 15) is 38.7 Å². The minimum Gasteiger partial charge on any atom is -0.481 e. The van der Waals surface area contributed by atoms with Crippen molar-refractivity contribution in [3.8, 4) is 0 Å². The molecule has 2 aromatic carbocycles. The first-order valence-corrected chi connectivity index (χ1v) is 26.3. The topological polar surface area (TPSA) is 253 Å². The molecule has 0 saturated carbocycles. The van der Waals surface area contributed by atoms with Gasteiger partial charge in [-0.25, -0.2) is 4.98 Å². The van der Waals surface area contributed by atoms with Crippen LogP contribution >= 0.6 is 11.3 Å². The van der Waals surface area contributed by atoms with Gasteiger partial charge in [-0.3, -0.25) is 33.6 Å². The lowest BCUT2D eigenvalue weighted by Gasteiger charge is -2.43. The van der Waals surface area contributed by atoms with Crippen molar-refractivity contribution in [2.75, 3.05) is 26.0 Å². The zero-order valence-electron chi connectivity index (χ0n) is 45.2. The summed E-state index contributed by atoms with van der Waals surface area (Å²) in [6.07, 6.45) is 4.65. The maximum atomic E-state index is 13.2. The number of aromatic nitrogens is 1. The summed E-state index contributed by atoms with van der Waals surface area (Å²) in [7, 11) is 3.86. The molecule has 0 radical (unpaired) electrons. The van der Waals surface area contributed by atoms with Crippen LogP contribution in [0.3, 0.4) is 0 Å². The van der Waals surface area contributed by atoms with Gasteiger partial charge in [-0.2, -0.15) is 0 Å². The van der Waals surface area contributed by atoms with E-state index < -0.39 is 48.0 Å². The molecule has 1 saturated heterocycles. The number of benzene rings is 2. The number of amides is 5. The molecule has 17 nitrogen and oxygen atoms in total. The number of esters is 1. The number of aliphatic carboxylic acids is 1. The molecule has 9 atom stereocenters. The highest BCUT2D eigenvalue weighted by Gasteiger charge is 2.39. The van der Waals surface area contributed by atoms with Crippen molar-refractivity contribution in [1.29, 1.82) is 0 Å². The Hall–Kier alpha value is -5.98. The summed E-state index contributed by atoms with van der Waals surface area (Å²) in [5.41, 5.74) is 14.3. The highest BCUT2D eigenvalue weighted by molar-refractivity contribution is 7.09. The van der Waals surface area contributed by atoms with Crippen LogP contribution in [0, 0.1) is 23.7 Å². The normalized spacial score (nSPS) is 18.1. The Morgan fingerprint density at radius 1 is 0.890 bits per heavy atom. The molecule has 404 valence electrons. The number of carbonyl (C=O) groups excluding carboxylic acids is 6. The first-order valence-electron chi connectivity index (χ1n) is 25.4. The number of rotatable bonds is 24. The van der Waals surface area contributed by atoms with E-state index in [0.29, 0.717) is 41.0 Å². The van der Waals surface area contributed by atoms with Gasteiger partial charge in [0.25, 0.3) is 11.8 Å². The number of nitrogens with one attached hydrogen (secondary N) is 3. The van der Waals surface area contributed by atoms with Gasteiger partial charge in [-0.1, -0.05) is 97.4 Å². The van der Waals surface area contributed by atoms with E-state index in [-0.39, 0.29) is 65.6 Å². The minimum atomic E-state index is -0.926. The highest BCUT2D eigenvalue weighted by Crippen LogP contribution is 2.31. The number of carboxylic acid groups (broad SMARTS) is 1. The fourth-order valence-electron chi connectivity index (χ4n) is 8.64. The van der Waals surface area contributed by atoms with Crippen molar-refractivity contribution in [3.05, 3.63) is 95.0 Å². The fraction of sp³-hybridized carbons (Fsp3) is 0.564. The first-order chi connectivity index (χ1) is 34.3. The van der Waals surface area contributed by atoms with Gasteiger partial charge in [-0.15, -0.1) is 24.5 Å². The van der Waals surface area contributed by atoms with Crippen LogP contribution in [0.5, 0.6) is 0 Å². The Morgan fingerprint density at radius 2 is 1.52 bits per heavy atom. The van der Waals surface area contributed by atoms with Gasteiger partial charge in [0, 0.05) is 61.9 Å². The van der Waals surface area contributed by atoms with Crippen molar-refractivity contribution < 1.29 is 47.9 Å². The van der Waals surface area contributed by atoms with Crippen LogP contribution in [0.25, 0.3) is 0 Å². The second-order valence-corrected chi connectivity index (χ2v) is 21.1. The molecular formula is C55H85N8O9S+. The SMILES string of the molecule is C=C.CC(NC(=O)[C@@H](N)C(C)C)C(=O)Nc1ccc(C[N+]2(C)CCCC[C@@H]2C(N)=O)cc1.CC[C@H](C)CC(=O)N(C)C(CC(OC(C)=O)c1nc(C(=O)N[C@@H](Cc2ccccc2)CC(C)C(=O)O)cs1)C(C)C. The molecule has 0 bridgehead atoms. The van der Waals surface area contributed by atoms with Gasteiger partial charge < -0.3 is 46.6 Å².